The summed E-state index contributed by atoms with van der Waals surface area (Å²) in [4.78, 5) is 19.9. The Kier molecular flexibility index (Phi) is 4.13. The van der Waals surface area contributed by atoms with Crippen LogP contribution < -0.4 is 0 Å². The summed E-state index contributed by atoms with van der Waals surface area (Å²) in [5, 5.41) is 3.37. The number of aromatic nitrogens is 1. The molecule has 3 aromatic carbocycles. The number of fused-ring (bicyclic) bond motifs is 2. The molecule has 1 aromatic heterocycles. The highest BCUT2D eigenvalue weighted by Crippen LogP contribution is 2.34. The van der Waals surface area contributed by atoms with Crippen LogP contribution >= 0.6 is 11.3 Å². The van der Waals surface area contributed by atoms with Crippen LogP contribution in [0.5, 0.6) is 0 Å². The zero-order chi connectivity index (χ0) is 18.2. The molecule has 0 aliphatic carbocycles. The number of carbonyl (C=O) groups is 1. The lowest BCUT2D eigenvalue weighted by molar-refractivity contribution is 0.0715. The van der Waals surface area contributed by atoms with Crippen molar-refractivity contribution >= 4 is 38.2 Å². The van der Waals surface area contributed by atoms with Crippen LogP contribution in [0.2, 0.25) is 0 Å². The van der Waals surface area contributed by atoms with Crippen molar-refractivity contribution in [2.24, 2.45) is 0 Å². The SMILES string of the molecule is O=C(c1cccc2ccccc12)N1CCC(c2nc3ccccc3s2)CC1. The Morgan fingerprint density at radius 3 is 2.52 bits per heavy atom. The number of benzene rings is 3. The van der Waals surface area contributed by atoms with Crippen molar-refractivity contribution < 1.29 is 4.79 Å². The maximum Gasteiger partial charge on any atom is 0.254 e. The second-order valence-corrected chi connectivity index (χ2v) is 8.18. The number of para-hydroxylation sites is 1. The fourth-order valence-corrected chi connectivity index (χ4v) is 5.11. The summed E-state index contributed by atoms with van der Waals surface area (Å²) in [6, 6.07) is 22.4. The van der Waals surface area contributed by atoms with Crippen LogP contribution in [0.3, 0.4) is 0 Å². The summed E-state index contributed by atoms with van der Waals surface area (Å²) in [6.45, 7) is 1.59. The molecule has 3 nitrogen and oxygen atoms in total. The number of thiazole rings is 1. The second-order valence-electron chi connectivity index (χ2n) is 7.11. The van der Waals surface area contributed by atoms with E-state index >= 15 is 0 Å². The van der Waals surface area contributed by atoms with E-state index in [0.717, 1.165) is 47.8 Å². The molecule has 0 spiro atoms. The van der Waals surface area contributed by atoms with Crippen molar-refractivity contribution in [1.29, 1.82) is 0 Å². The quantitative estimate of drug-likeness (QED) is 0.467. The minimum Gasteiger partial charge on any atom is -0.339 e. The van der Waals surface area contributed by atoms with Crippen LogP contribution in [-0.4, -0.2) is 28.9 Å². The van der Waals surface area contributed by atoms with Crippen LogP contribution in [-0.2, 0) is 0 Å². The third kappa shape index (κ3) is 3.00. The Morgan fingerprint density at radius 2 is 1.67 bits per heavy atom. The van der Waals surface area contributed by atoms with Gasteiger partial charge in [0.05, 0.1) is 15.2 Å². The summed E-state index contributed by atoms with van der Waals surface area (Å²) >= 11 is 1.80. The van der Waals surface area contributed by atoms with E-state index in [4.69, 9.17) is 4.98 Å². The third-order valence-corrected chi connectivity index (χ3v) is 6.66. The van der Waals surface area contributed by atoms with E-state index < -0.39 is 0 Å². The van der Waals surface area contributed by atoms with Crippen LogP contribution in [0.15, 0.2) is 66.7 Å². The standard InChI is InChI=1S/C23H20N2OS/c26-23(19-9-5-7-16-6-1-2-8-18(16)19)25-14-12-17(13-15-25)22-24-20-10-3-4-11-21(20)27-22/h1-11,17H,12-15H2. The monoisotopic (exact) mass is 372 g/mol. The van der Waals surface area contributed by atoms with Gasteiger partial charge in [0.15, 0.2) is 0 Å². The first-order valence-electron chi connectivity index (χ1n) is 9.42. The minimum absolute atomic E-state index is 0.148. The molecule has 1 fully saturated rings. The molecule has 0 atom stereocenters. The molecule has 4 aromatic rings. The van der Waals surface area contributed by atoms with Gasteiger partial charge in [0.1, 0.15) is 0 Å². The van der Waals surface area contributed by atoms with E-state index in [0.29, 0.717) is 5.92 Å². The highest BCUT2D eigenvalue weighted by Gasteiger charge is 2.27. The van der Waals surface area contributed by atoms with E-state index in [-0.39, 0.29) is 5.91 Å². The largest absolute Gasteiger partial charge is 0.339 e. The van der Waals surface area contributed by atoms with Gasteiger partial charge >= 0.3 is 0 Å². The highest BCUT2D eigenvalue weighted by molar-refractivity contribution is 7.18. The van der Waals surface area contributed by atoms with Crippen LogP contribution in [0, 0.1) is 0 Å². The first-order valence-corrected chi connectivity index (χ1v) is 10.2. The summed E-state index contributed by atoms with van der Waals surface area (Å²) in [5.74, 6) is 0.605. The topological polar surface area (TPSA) is 33.2 Å². The Bertz CT molecular complexity index is 1090. The first kappa shape index (κ1) is 16.5. The lowest BCUT2D eigenvalue weighted by atomic mass is 9.96. The minimum atomic E-state index is 0.148. The molecule has 5 rings (SSSR count). The van der Waals surface area contributed by atoms with Crippen molar-refractivity contribution in [2.75, 3.05) is 13.1 Å². The molecule has 4 heteroatoms. The molecule has 1 aliphatic rings. The molecule has 1 saturated heterocycles. The lowest BCUT2D eigenvalue weighted by Gasteiger charge is -2.31. The molecule has 0 radical (unpaired) electrons. The number of amides is 1. The van der Waals surface area contributed by atoms with Crippen LogP contribution in [0.1, 0.15) is 34.1 Å². The molecule has 1 amide bonds. The van der Waals surface area contributed by atoms with Gasteiger partial charge < -0.3 is 4.90 Å². The lowest BCUT2D eigenvalue weighted by Crippen LogP contribution is -2.38. The van der Waals surface area contributed by atoms with Gasteiger partial charge in [-0.25, -0.2) is 4.98 Å². The van der Waals surface area contributed by atoms with Gasteiger partial charge in [0.25, 0.3) is 5.91 Å². The maximum atomic E-state index is 13.1. The first-order chi connectivity index (χ1) is 13.3. The van der Waals surface area contributed by atoms with Gasteiger partial charge in [-0.05, 0) is 41.8 Å². The van der Waals surface area contributed by atoms with E-state index in [2.05, 4.69) is 30.3 Å². The summed E-state index contributed by atoms with van der Waals surface area (Å²) in [7, 11) is 0. The molecule has 27 heavy (non-hydrogen) atoms. The molecule has 0 saturated carbocycles. The number of rotatable bonds is 2. The predicted octanol–water partition coefficient (Wildman–Crippen LogP) is 5.47. The van der Waals surface area contributed by atoms with Crippen molar-refractivity contribution in [1.82, 2.24) is 9.88 Å². The van der Waals surface area contributed by atoms with Gasteiger partial charge in [-0.3, -0.25) is 4.79 Å². The van der Waals surface area contributed by atoms with Gasteiger partial charge in [0, 0.05) is 24.6 Å². The molecule has 1 aliphatic heterocycles. The molecule has 2 heterocycles. The predicted molar refractivity (Wildman–Crippen MR) is 111 cm³/mol. The number of hydrogen-bond donors (Lipinski definition) is 0. The average molecular weight is 372 g/mol. The normalized spacial score (nSPS) is 15.5. The average Bonchev–Trinajstić information content (AvgIpc) is 3.17. The van der Waals surface area contributed by atoms with E-state index in [1.54, 1.807) is 11.3 Å². The summed E-state index contributed by atoms with van der Waals surface area (Å²) < 4.78 is 1.25. The molecule has 0 bridgehead atoms. The van der Waals surface area contributed by atoms with Crippen molar-refractivity contribution in [3.63, 3.8) is 0 Å². The van der Waals surface area contributed by atoms with Gasteiger partial charge in [-0.1, -0.05) is 48.5 Å². The summed E-state index contributed by atoms with van der Waals surface area (Å²) in [6.07, 6.45) is 1.96. The van der Waals surface area contributed by atoms with Crippen LogP contribution in [0.25, 0.3) is 21.0 Å². The fraction of sp³-hybridized carbons (Fsp3) is 0.217. The molecule has 0 N–H and O–H groups in total. The van der Waals surface area contributed by atoms with E-state index in [9.17, 15) is 4.79 Å². The molecular formula is C23H20N2OS. The molecule has 0 unspecified atom stereocenters. The smallest absolute Gasteiger partial charge is 0.254 e. The van der Waals surface area contributed by atoms with Crippen LogP contribution in [0.4, 0.5) is 0 Å². The number of piperidine rings is 1. The Morgan fingerprint density at radius 1 is 0.926 bits per heavy atom. The number of nitrogens with zero attached hydrogens (tertiary/aromatic N) is 2. The third-order valence-electron chi connectivity index (χ3n) is 5.46. The Labute approximate surface area is 162 Å². The Hall–Kier alpha value is -2.72. The van der Waals surface area contributed by atoms with Gasteiger partial charge in [-0.15, -0.1) is 11.3 Å². The molecular weight excluding hydrogens is 352 g/mol. The number of likely N-dealkylation sites (tertiary alicyclic amines) is 1. The Balaban J connectivity index is 1.34. The fourth-order valence-electron chi connectivity index (χ4n) is 3.98. The molecule has 134 valence electrons. The van der Waals surface area contributed by atoms with Crippen molar-refractivity contribution in [3.8, 4) is 0 Å². The zero-order valence-corrected chi connectivity index (χ0v) is 15.8. The van der Waals surface area contributed by atoms with E-state index in [1.165, 1.54) is 9.71 Å². The number of carbonyl (C=O) groups excluding carboxylic acids is 1. The van der Waals surface area contributed by atoms with E-state index in [1.807, 2.05) is 41.3 Å². The van der Waals surface area contributed by atoms with Crippen molar-refractivity contribution in [3.05, 3.63) is 77.3 Å². The van der Waals surface area contributed by atoms with Crippen molar-refractivity contribution in [2.45, 2.75) is 18.8 Å². The number of hydrogen-bond acceptors (Lipinski definition) is 3. The maximum absolute atomic E-state index is 13.1. The highest BCUT2D eigenvalue weighted by atomic mass is 32.1. The zero-order valence-electron chi connectivity index (χ0n) is 15.0. The van der Waals surface area contributed by atoms with Gasteiger partial charge in [-0.2, -0.15) is 0 Å². The second kappa shape index (κ2) is 6.78. The van der Waals surface area contributed by atoms with Gasteiger partial charge in [0.2, 0.25) is 0 Å². The summed E-state index contributed by atoms with van der Waals surface area (Å²) in [5.41, 5.74) is 1.90.